The fourth-order valence-electron chi connectivity index (χ4n) is 4.04. The highest BCUT2D eigenvalue weighted by Gasteiger charge is 2.21. The average Bonchev–Trinajstić information content (AvgIpc) is 3.81. The lowest BCUT2D eigenvalue weighted by atomic mass is 9.91. The van der Waals surface area contributed by atoms with Gasteiger partial charge in [-0.3, -0.25) is 5.10 Å². The van der Waals surface area contributed by atoms with E-state index in [1.54, 1.807) is 41.7 Å². The van der Waals surface area contributed by atoms with Crippen LogP contribution in [0.1, 0.15) is 64.5 Å². The molecule has 5 rings (SSSR count). The quantitative estimate of drug-likeness (QED) is 0.116. The van der Waals surface area contributed by atoms with Crippen molar-refractivity contribution >= 4 is 23.0 Å². The minimum Gasteiger partial charge on any atom is -0.391 e. The maximum absolute atomic E-state index is 5.62. The number of oxime groups is 2. The summed E-state index contributed by atoms with van der Waals surface area (Å²) in [6.45, 7) is 8.38. The van der Waals surface area contributed by atoms with Gasteiger partial charge in [0.15, 0.2) is 5.82 Å². The Morgan fingerprint density at radius 2 is 1.47 bits per heavy atom. The molecule has 0 radical (unpaired) electrons. The van der Waals surface area contributed by atoms with Crippen LogP contribution in [0, 0.1) is 0 Å². The van der Waals surface area contributed by atoms with Gasteiger partial charge in [0.25, 0.3) is 0 Å². The van der Waals surface area contributed by atoms with Gasteiger partial charge in [-0.05, 0) is 78.9 Å². The zero-order chi connectivity index (χ0) is 32.7. The molecule has 0 unspecified atom stereocenters. The van der Waals surface area contributed by atoms with E-state index in [1.165, 1.54) is 25.7 Å². The van der Waals surface area contributed by atoms with Gasteiger partial charge in [-0.15, -0.1) is 0 Å². The van der Waals surface area contributed by atoms with Gasteiger partial charge in [-0.1, -0.05) is 46.9 Å². The third-order valence-electron chi connectivity index (χ3n) is 6.21. The maximum atomic E-state index is 5.62. The first-order valence-corrected chi connectivity index (χ1v) is 15.3. The van der Waals surface area contributed by atoms with Crippen LogP contribution in [0.2, 0.25) is 5.15 Å². The van der Waals surface area contributed by atoms with Gasteiger partial charge >= 0.3 is 0 Å². The molecular formula is C32H47ClN10O2. The summed E-state index contributed by atoms with van der Waals surface area (Å²) in [6, 6.07) is 12.5. The van der Waals surface area contributed by atoms with Crippen molar-refractivity contribution in [3.8, 4) is 5.82 Å². The first-order chi connectivity index (χ1) is 21.8. The molecule has 244 valence electrons. The van der Waals surface area contributed by atoms with Gasteiger partial charge in [0.1, 0.15) is 18.4 Å². The van der Waals surface area contributed by atoms with E-state index in [0.29, 0.717) is 30.5 Å². The zero-order valence-corrected chi connectivity index (χ0v) is 27.9. The van der Waals surface area contributed by atoms with E-state index >= 15 is 0 Å². The second-order valence-corrected chi connectivity index (χ2v) is 10.8. The van der Waals surface area contributed by atoms with E-state index in [9.17, 15) is 0 Å². The van der Waals surface area contributed by atoms with E-state index in [0.717, 1.165) is 28.4 Å². The second-order valence-electron chi connectivity index (χ2n) is 10.4. The number of rotatable bonds is 9. The molecule has 3 N–H and O–H groups in total. The molecule has 4 aromatic rings. The summed E-state index contributed by atoms with van der Waals surface area (Å²) in [5.41, 5.74) is 3.72. The average molecular weight is 639 g/mol. The Labute approximate surface area is 271 Å². The summed E-state index contributed by atoms with van der Waals surface area (Å²) in [7, 11) is 4.11. The summed E-state index contributed by atoms with van der Waals surface area (Å²) in [5, 5.41) is 25.1. The van der Waals surface area contributed by atoms with Crippen LogP contribution in [-0.4, -0.2) is 67.5 Å². The Bertz CT molecular complexity index is 1290. The van der Waals surface area contributed by atoms with Crippen LogP contribution in [0.25, 0.3) is 5.82 Å². The van der Waals surface area contributed by atoms with Gasteiger partial charge in [0.05, 0.1) is 11.4 Å². The van der Waals surface area contributed by atoms with Crippen LogP contribution in [0.3, 0.4) is 0 Å². The molecule has 4 heterocycles. The van der Waals surface area contributed by atoms with Crippen molar-refractivity contribution in [2.24, 2.45) is 10.3 Å². The minimum atomic E-state index is 0.426. The van der Waals surface area contributed by atoms with Crippen molar-refractivity contribution in [1.29, 1.82) is 0 Å². The van der Waals surface area contributed by atoms with E-state index in [2.05, 4.69) is 60.3 Å². The Morgan fingerprint density at radius 3 is 1.84 bits per heavy atom. The maximum Gasteiger partial charge on any atom is 0.153 e. The number of nitrogens with zero attached hydrogens (tertiary/aromatic N) is 7. The number of hydrogen-bond donors (Lipinski definition) is 3. The standard InChI is InChI=1S/C12H14N4O.C9H11ClN2O.C8H18N2.C3H4N2/c1-10(2)15-17-9-11-4-5-12(13-8-11)16-7-3-6-14-16;1-7(2)12-13-6-8-3-4-9(10)11-5-8;1-9-7-5-3-4-6-8(7)10-2;1-2-4-5-3-1/h3-8H,9H2,1-2H3;3-5H,6H2,1-2H3;7-10H,3-6H2,1-2H3;1-3H,(H,4,5)/t;;7-,8-;/m..0./s1. The molecule has 45 heavy (non-hydrogen) atoms. The van der Waals surface area contributed by atoms with E-state index in [-0.39, 0.29) is 0 Å². The molecule has 0 bridgehead atoms. The third-order valence-corrected chi connectivity index (χ3v) is 6.43. The van der Waals surface area contributed by atoms with Crippen LogP contribution >= 0.6 is 11.6 Å². The Hall–Kier alpha value is -4.13. The minimum absolute atomic E-state index is 0.426. The van der Waals surface area contributed by atoms with Gasteiger partial charge in [-0.2, -0.15) is 10.2 Å². The molecule has 12 nitrogen and oxygen atoms in total. The Kier molecular flexibility index (Phi) is 18.4. The summed E-state index contributed by atoms with van der Waals surface area (Å²) in [5.74, 6) is 0.786. The predicted octanol–water partition coefficient (Wildman–Crippen LogP) is 5.97. The van der Waals surface area contributed by atoms with Crippen molar-refractivity contribution in [3.05, 3.63) is 89.9 Å². The number of pyridine rings is 2. The summed E-state index contributed by atoms with van der Waals surface area (Å²) >= 11 is 5.62. The number of aromatic amines is 1. The molecule has 13 heteroatoms. The number of aromatic nitrogens is 6. The number of likely N-dealkylation sites (N-methyl/N-ethyl adjacent to an activating group) is 2. The second kappa shape index (κ2) is 22.4. The molecule has 1 aliphatic rings. The fraction of sp³-hybridized carbons (Fsp3) is 0.438. The van der Waals surface area contributed by atoms with Crippen LogP contribution < -0.4 is 10.6 Å². The van der Waals surface area contributed by atoms with E-state index in [1.807, 2.05) is 64.2 Å². The van der Waals surface area contributed by atoms with Crippen LogP contribution in [0.4, 0.5) is 0 Å². The lowest BCUT2D eigenvalue weighted by molar-refractivity contribution is 0.130. The van der Waals surface area contributed by atoms with Gasteiger partial charge in [-0.25, -0.2) is 14.6 Å². The largest absolute Gasteiger partial charge is 0.391 e. The first kappa shape index (κ1) is 37.1. The number of H-pyrrole nitrogens is 1. The van der Waals surface area contributed by atoms with E-state index < -0.39 is 0 Å². The van der Waals surface area contributed by atoms with Crippen LogP contribution in [0.5, 0.6) is 0 Å². The van der Waals surface area contributed by atoms with Crippen LogP contribution in [0.15, 0.2) is 83.9 Å². The Morgan fingerprint density at radius 1 is 0.867 bits per heavy atom. The number of hydrogen-bond acceptors (Lipinski definition) is 10. The normalized spacial score (nSPS) is 15.0. The molecule has 0 saturated heterocycles. The molecule has 0 aliphatic heterocycles. The highest BCUT2D eigenvalue weighted by Crippen LogP contribution is 2.17. The van der Waals surface area contributed by atoms with Crippen LogP contribution in [-0.2, 0) is 22.9 Å². The zero-order valence-electron chi connectivity index (χ0n) is 27.2. The van der Waals surface area contributed by atoms with Crippen molar-refractivity contribution in [3.63, 3.8) is 0 Å². The van der Waals surface area contributed by atoms with Crippen molar-refractivity contribution in [2.45, 2.75) is 78.7 Å². The lowest BCUT2D eigenvalue weighted by Crippen LogP contribution is -2.47. The number of halogens is 1. The molecule has 2 atom stereocenters. The SMILES string of the molecule is CC(C)=NOCc1ccc(-n2cccn2)nc1.CC(C)=NOCc1ccc(Cl)nc1.CN[C@H]1CCCC[C@@H]1NC.c1cn[nH]c1. The van der Waals surface area contributed by atoms with Gasteiger partial charge in [0.2, 0.25) is 0 Å². The summed E-state index contributed by atoms with van der Waals surface area (Å²) < 4.78 is 1.71. The number of nitrogens with one attached hydrogen (secondary N) is 3. The van der Waals surface area contributed by atoms with E-state index in [4.69, 9.17) is 21.3 Å². The smallest absolute Gasteiger partial charge is 0.153 e. The topological polar surface area (TPSA) is 140 Å². The predicted molar refractivity (Wildman–Crippen MR) is 181 cm³/mol. The highest BCUT2D eigenvalue weighted by molar-refractivity contribution is 6.29. The first-order valence-electron chi connectivity index (χ1n) is 14.9. The van der Waals surface area contributed by atoms with Crippen molar-refractivity contribution in [2.75, 3.05) is 14.1 Å². The molecular weight excluding hydrogens is 592 g/mol. The fourth-order valence-corrected chi connectivity index (χ4v) is 4.15. The molecule has 1 aliphatic carbocycles. The summed E-state index contributed by atoms with van der Waals surface area (Å²) in [6.07, 6.45) is 15.9. The Balaban J connectivity index is 0.000000224. The van der Waals surface area contributed by atoms with Crippen molar-refractivity contribution in [1.82, 2.24) is 40.6 Å². The summed E-state index contributed by atoms with van der Waals surface area (Å²) in [4.78, 5) is 18.4. The molecule has 0 aromatic carbocycles. The lowest BCUT2D eigenvalue weighted by Gasteiger charge is -2.30. The monoisotopic (exact) mass is 638 g/mol. The van der Waals surface area contributed by atoms with Gasteiger partial charge < -0.3 is 20.3 Å². The molecule has 0 amide bonds. The molecule has 1 saturated carbocycles. The molecule has 4 aromatic heterocycles. The molecule has 0 spiro atoms. The van der Waals surface area contributed by atoms with Crippen molar-refractivity contribution < 1.29 is 9.68 Å². The van der Waals surface area contributed by atoms with Gasteiger partial charge in [0, 0.05) is 60.4 Å². The molecule has 1 fully saturated rings. The third kappa shape index (κ3) is 16.5. The highest BCUT2D eigenvalue weighted by atomic mass is 35.5.